The summed E-state index contributed by atoms with van der Waals surface area (Å²) in [6.45, 7) is 4.34. The van der Waals surface area contributed by atoms with Crippen molar-refractivity contribution in [3.05, 3.63) is 56.5 Å². The summed E-state index contributed by atoms with van der Waals surface area (Å²) in [4.78, 5) is 13.9. The molecule has 170 valence electrons. The quantitative estimate of drug-likeness (QED) is 0.446. The minimum atomic E-state index is -3.79. The monoisotopic (exact) mass is 583 g/mol. The molecule has 0 bridgehead atoms. The van der Waals surface area contributed by atoms with Gasteiger partial charge in [-0.05, 0) is 77.7 Å². The fourth-order valence-corrected chi connectivity index (χ4v) is 6.46. The molecule has 1 saturated heterocycles. The number of nitriles is 1. The summed E-state index contributed by atoms with van der Waals surface area (Å²) in [5.74, 6) is 0. The standard InChI is InChI=1S/C21H23Br2N5O3S/c1-13-5-14(2)7-16(6-13)26-21(29)25-10-18-9-17(11-28(18)12-24)27-32(30,31)20-8-15(22)3-4-19(20)23/h3-8,17-18,27H,9-11H2,1-2H3,(H2,25,26,29). The predicted molar refractivity (Wildman–Crippen MR) is 130 cm³/mol. The van der Waals surface area contributed by atoms with E-state index in [4.69, 9.17) is 0 Å². The third-order valence-corrected chi connectivity index (χ3v) is 8.03. The van der Waals surface area contributed by atoms with Crippen LogP contribution in [0.5, 0.6) is 0 Å². The van der Waals surface area contributed by atoms with E-state index in [1.807, 2.05) is 32.0 Å². The lowest BCUT2D eigenvalue weighted by atomic mass is 10.1. The van der Waals surface area contributed by atoms with Crippen molar-refractivity contribution in [1.82, 2.24) is 14.9 Å². The van der Waals surface area contributed by atoms with Gasteiger partial charge in [0, 0.05) is 33.8 Å². The Kier molecular flexibility index (Phi) is 7.82. The molecule has 0 aromatic heterocycles. The number of amides is 2. The Labute approximate surface area is 204 Å². The highest BCUT2D eigenvalue weighted by molar-refractivity contribution is 9.11. The number of urea groups is 1. The fourth-order valence-electron chi connectivity index (χ4n) is 3.72. The smallest absolute Gasteiger partial charge is 0.319 e. The molecule has 2 aromatic carbocycles. The van der Waals surface area contributed by atoms with E-state index in [0.717, 1.165) is 11.1 Å². The summed E-state index contributed by atoms with van der Waals surface area (Å²) in [6.07, 6.45) is 2.48. The summed E-state index contributed by atoms with van der Waals surface area (Å²) < 4.78 is 29.5. The Morgan fingerprint density at radius 1 is 1.19 bits per heavy atom. The first-order chi connectivity index (χ1) is 15.1. The number of benzene rings is 2. The molecule has 1 fully saturated rings. The van der Waals surface area contributed by atoms with Gasteiger partial charge in [0.15, 0.2) is 6.19 Å². The Morgan fingerprint density at radius 2 is 1.88 bits per heavy atom. The Balaban J connectivity index is 1.60. The van der Waals surface area contributed by atoms with Gasteiger partial charge in [-0.25, -0.2) is 17.9 Å². The van der Waals surface area contributed by atoms with Gasteiger partial charge in [-0.3, -0.25) is 0 Å². The van der Waals surface area contributed by atoms with Crippen molar-refractivity contribution in [1.29, 1.82) is 5.26 Å². The molecule has 0 radical (unpaired) electrons. The van der Waals surface area contributed by atoms with Crippen LogP contribution in [0.25, 0.3) is 0 Å². The predicted octanol–water partition coefficient (Wildman–Crippen LogP) is 3.85. The van der Waals surface area contributed by atoms with E-state index in [0.29, 0.717) is 21.1 Å². The summed E-state index contributed by atoms with van der Waals surface area (Å²) in [5, 5.41) is 15.0. The number of anilines is 1. The molecule has 3 N–H and O–H groups in total. The van der Waals surface area contributed by atoms with Crippen molar-refractivity contribution in [3.8, 4) is 6.19 Å². The van der Waals surface area contributed by atoms with Crippen LogP contribution in [0.15, 0.2) is 50.2 Å². The first-order valence-electron chi connectivity index (χ1n) is 9.84. The molecule has 1 aliphatic heterocycles. The largest absolute Gasteiger partial charge is 0.336 e. The van der Waals surface area contributed by atoms with E-state index in [1.165, 1.54) is 11.0 Å². The summed E-state index contributed by atoms with van der Waals surface area (Å²) in [7, 11) is -3.79. The third kappa shape index (κ3) is 6.22. The van der Waals surface area contributed by atoms with Crippen molar-refractivity contribution in [3.63, 3.8) is 0 Å². The first kappa shape index (κ1) is 24.5. The summed E-state index contributed by atoms with van der Waals surface area (Å²) in [5.41, 5.74) is 2.77. The molecule has 2 unspecified atom stereocenters. The highest BCUT2D eigenvalue weighted by Crippen LogP contribution is 2.27. The van der Waals surface area contributed by atoms with Gasteiger partial charge in [-0.15, -0.1) is 0 Å². The maximum atomic E-state index is 12.8. The molecular formula is C21H23Br2N5O3S. The average Bonchev–Trinajstić information content (AvgIpc) is 3.08. The maximum Gasteiger partial charge on any atom is 0.319 e. The van der Waals surface area contributed by atoms with Crippen LogP contribution in [0.2, 0.25) is 0 Å². The minimum Gasteiger partial charge on any atom is -0.336 e. The molecular weight excluding hydrogens is 562 g/mol. The van der Waals surface area contributed by atoms with E-state index in [9.17, 15) is 18.5 Å². The minimum absolute atomic E-state index is 0.116. The highest BCUT2D eigenvalue weighted by Gasteiger charge is 2.35. The van der Waals surface area contributed by atoms with Gasteiger partial charge in [0.05, 0.1) is 10.9 Å². The van der Waals surface area contributed by atoms with Crippen LogP contribution in [0, 0.1) is 25.3 Å². The van der Waals surface area contributed by atoms with Crippen molar-refractivity contribution < 1.29 is 13.2 Å². The molecule has 1 heterocycles. The lowest BCUT2D eigenvalue weighted by Gasteiger charge is -2.18. The summed E-state index contributed by atoms with van der Waals surface area (Å²) >= 11 is 6.56. The zero-order valence-electron chi connectivity index (χ0n) is 17.5. The van der Waals surface area contributed by atoms with Crippen LogP contribution in [-0.2, 0) is 10.0 Å². The fraction of sp³-hybridized carbons (Fsp3) is 0.333. The second kappa shape index (κ2) is 10.2. The number of hydrogen-bond acceptors (Lipinski definition) is 5. The average molecular weight is 585 g/mol. The molecule has 1 aliphatic rings. The molecule has 2 aromatic rings. The van der Waals surface area contributed by atoms with E-state index in [2.05, 4.69) is 53.4 Å². The number of likely N-dealkylation sites (tertiary alicyclic amines) is 1. The Bertz CT molecular complexity index is 1150. The van der Waals surface area contributed by atoms with Crippen LogP contribution >= 0.6 is 31.9 Å². The van der Waals surface area contributed by atoms with Crippen LogP contribution in [0.1, 0.15) is 17.5 Å². The third-order valence-electron chi connectivity index (χ3n) is 5.03. The molecule has 0 saturated carbocycles. The number of carbonyl (C=O) groups excluding carboxylic acids is 1. The highest BCUT2D eigenvalue weighted by atomic mass is 79.9. The molecule has 3 rings (SSSR count). The van der Waals surface area contributed by atoms with Crippen LogP contribution in [-0.4, -0.2) is 44.5 Å². The zero-order chi connectivity index (χ0) is 23.5. The number of rotatable bonds is 6. The molecule has 0 spiro atoms. The number of sulfonamides is 1. The van der Waals surface area contributed by atoms with Crippen LogP contribution in [0.4, 0.5) is 10.5 Å². The van der Waals surface area contributed by atoms with Gasteiger partial charge >= 0.3 is 6.03 Å². The molecule has 2 atom stereocenters. The molecule has 8 nitrogen and oxygen atoms in total. The van der Waals surface area contributed by atoms with Crippen molar-refractivity contribution >= 4 is 53.6 Å². The molecule has 0 aliphatic carbocycles. The van der Waals surface area contributed by atoms with E-state index < -0.39 is 16.1 Å². The van der Waals surface area contributed by atoms with Crippen molar-refractivity contribution in [2.24, 2.45) is 0 Å². The van der Waals surface area contributed by atoms with E-state index >= 15 is 0 Å². The number of nitrogens with one attached hydrogen (secondary N) is 3. The number of carbonyl (C=O) groups is 1. The lowest BCUT2D eigenvalue weighted by Crippen LogP contribution is -2.39. The van der Waals surface area contributed by atoms with Crippen LogP contribution in [0.3, 0.4) is 0 Å². The van der Waals surface area contributed by atoms with Gasteiger partial charge in [0.1, 0.15) is 0 Å². The maximum absolute atomic E-state index is 12.8. The number of nitrogens with zero attached hydrogens (tertiary/aromatic N) is 2. The lowest BCUT2D eigenvalue weighted by molar-refractivity contribution is 0.248. The van der Waals surface area contributed by atoms with Gasteiger partial charge in [0.25, 0.3) is 0 Å². The van der Waals surface area contributed by atoms with Gasteiger partial charge in [-0.2, -0.15) is 5.26 Å². The van der Waals surface area contributed by atoms with Crippen molar-refractivity contribution in [2.45, 2.75) is 37.2 Å². The first-order valence-corrected chi connectivity index (χ1v) is 12.9. The Morgan fingerprint density at radius 3 is 2.53 bits per heavy atom. The number of aryl methyl sites for hydroxylation is 2. The summed E-state index contributed by atoms with van der Waals surface area (Å²) in [6, 6.07) is 9.50. The molecule has 2 amide bonds. The topological polar surface area (TPSA) is 114 Å². The SMILES string of the molecule is Cc1cc(C)cc(NC(=O)NCC2CC(NS(=O)(=O)c3cc(Br)ccc3Br)CN2C#N)c1. The molecule has 32 heavy (non-hydrogen) atoms. The second-order valence-electron chi connectivity index (χ2n) is 7.75. The normalized spacial score (nSPS) is 18.3. The molecule has 11 heteroatoms. The van der Waals surface area contributed by atoms with Gasteiger partial charge in [-0.1, -0.05) is 22.0 Å². The van der Waals surface area contributed by atoms with Gasteiger partial charge in [0.2, 0.25) is 10.0 Å². The Hall–Kier alpha value is -2.13. The zero-order valence-corrected chi connectivity index (χ0v) is 21.5. The van der Waals surface area contributed by atoms with E-state index in [-0.39, 0.29) is 30.1 Å². The van der Waals surface area contributed by atoms with Crippen LogP contribution < -0.4 is 15.4 Å². The second-order valence-corrected chi connectivity index (χ2v) is 11.2. The van der Waals surface area contributed by atoms with Crippen molar-refractivity contribution in [2.75, 3.05) is 18.4 Å². The number of halogens is 2. The van der Waals surface area contributed by atoms with E-state index in [1.54, 1.807) is 12.1 Å². The number of hydrogen-bond donors (Lipinski definition) is 3. The van der Waals surface area contributed by atoms with Gasteiger partial charge < -0.3 is 15.5 Å².